The number of amides is 1. The molecule has 0 unspecified atom stereocenters. The zero-order valence-corrected chi connectivity index (χ0v) is 15.3. The summed E-state index contributed by atoms with van der Waals surface area (Å²) in [5, 5.41) is 1.09. The fraction of sp³-hybridized carbons (Fsp3) is 0.474. The maximum atomic E-state index is 13.7. The molecule has 1 aromatic carbocycles. The van der Waals surface area contributed by atoms with Crippen LogP contribution in [0.1, 0.15) is 28.4 Å². The van der Waals surface area contributed by atoms with Crippen molar-refractivity contribution in [2.75, 3.05) is 19.6 Å². The van der Waals surface area contributed by atoms with E-state index < -0.39 is 0 Å². The van der Waals surface area contributed by atoms with E-state index in [-0.39, 0.29) is 17.8 Å². The van der Waals surface area contributed by atoms with E-state index in [1.54, 1.807) is 30.4 Å². The number of likely N-dealkylation sites (tertiary alicyclic amines) is 2. The van der Waals surface area contributed by atoms with Crippen molar-refractivity contribution in [1.82, 2.24) is 14.8 Å². The molecule has 0 bridgehead atoms. The summed E-state index contributed by atoms with van der Waals surface area (Å²) in [6, 6.07) is 6.70. The predicted octanol–water partition coefficient (Wildman–Crippen LogP) is 3.24. The van der Waals surface area contributed by atoms with E-state index >= 15 is 0 Å². The molecule has 1 amide bonds. The number of rotatable bonds is 3. The van der Waals surface area contributed by atoms with Crippen LogP contribution in [0.25, 0.3) is 0 Å². The van der Waals surface area contributed by atoms with E-state index in [1.807, 2.05) is 24.1 Å². The van der Waals surface area contributed by atoms with Gasteiger partial charge < -0.3 is 4.90 Å². The lowest BCUT2D eigenvalue weighted by Gasteiger charge is -2.29. The maximum absolute atomic E-state index is 13.7. The van der Waals surface area contributed by atoms with E-state index in [9.17, 15) is 9.18 Å². The molecule has 0 N–H and O–H groups in total. The van der Waals surface area contributed by atoms with Crippen molar-refractivity contribution in [3.05, 3.63) is 51.7 Å². The smallest absolute Gasteiger partial charge is 0.219 e. The van der Waals surface area contributed by atoms with Gasteiger partial charge in [-0.3, -0.25) is 9.69 Å². The van der Waals surface area contributed by atoms with E-state index in [0.717, 1.165) is 36.8 Å². The highest BCUT2D eigenvalue weighted by Gasteiger charge is 2.48. The van der Waals surface area contributed by atoms with E-state index in [2.05, 4.69) is 9.88 Å². The molecular formula is C19H22FN3OS. The SMILES string of the molecule is CC(=O)N1C[C@H]2CN(Cc3cnc(C)s3)C[C@H]2[C@H]1c1cccc(F)c1. The molecule has 0 aliphatic carbocycles. The zero-order chi connectivity index (χ0) is 17.6. The Kier molecular flexibility index (Phi) is 4.33. The van der Waals surface area contributed by atoms with Crippen molar-refractivity contribution in [3.63, 3.8) is 0 Å². The van der Waals surface area contributed by atoms with E-state index in [1.165, 1.54) is 10.9 Å². The predicted molar refractivity (Wildman–Crippen MR) is 95.6 cm³/mol. The molecular weight excluding hydrogens is 337 g/mol. The Labute approximate surface area is 151 Å². The first kappa shape index (κ1) is 16.7. The fourth-order valence-corrected chi connectivity index (χ4v) is 5.24. The van der Waals surface area contributed by atoms with Gasteiger partial charge in [-0.05, 0) is 30.5 Å². The van der Waals surface area contributed by atoms with Crippen LogP contribution in [0.5, 0.6) is 0 Å². The van der Waals surface area contributed by atoms with Gasteiger partial charge in [-0.25, -0.2) is 9.37 Å². The summed E-state index contributed by atoms with van der Waals surface area (Å²) in [6.45, 7) is 7.24. The molecule has 0 radical (unpaired) electrons. The van der Waals surface area contributed by atoms with Crippen LogP contribution in [0.4, 0.5) is 4.39 Å². The molecule has 4 rings (SSSR count). The summed E-state index contributed by atoms with van der Waals surface area (Å²) in [5.74, 6) is 0.652. The molecule has 2 aliphatic rings. The van der Waals surface area contributed by atoms with Crippen LogP contribution in [-0.2, 0) is 11.3 Å². The molecule has 2 aromatic rings. The van der Waals surface area contributed by atoms with Gasteiger partial charge in [0.25, 0.3) is 0 Å². The summed E-state index contributed by atoms with van der Waals surface area (Å²) in [4.78, 5) is 22.1. The average molecular weight is 359 g/mol. The van der Waals surface area contributed by atoms with Gasteiger partial charge >= 0.3 is 0 Å². The third kappa shape index (κ3) is 3.20. The van der Waals surface area contributed by atoms with Crippen molar-refractivity contribution < 1.29 is 9.18 Å². The van der Waals surface area contributed by atoms with Gasteiger partial charge in [-0.2, -0.15) is 0 Å². The van der Waals surface area contributed by atoms with Crippen molar-refractivity contribution in [1.29, 1.82) is 0 Å². The van der Waals surface area contributed by atoms with Gasteiger partial charge in [-0.1, -0.05) is 12.1 Å². The summed E-state index contributed by atoms with van der Waals surface area (Å²) >= 11 is 1.74. The second kappa shape index (κ2) is 6.50. The number of nitrogens with zero attached hydrogens (tertiary/aromatic N) is 3. The summed E-state index contributed by atoms with van der Waals surface area (Å²) in [5.41, 5.74) is 0.915. The minimum Gasteiger partial charge on any atom is -0.335 e. The Morgan fingerprint density at radius 1 is 1.36 bits per heavy atom. The molecule has 3 heterocycles. The van der Waals surface area contributed by atoms with Gasteiger partial charge in [0.15, 0.2) is 0 Å². The number of aryl methyl sites for hydroxylation is 1. The molecule has 132 valence electrons. The minimum absolute atomic E-state index is 0.0219. The van der Waals surface area contributed by atoms with Crippen molar-refractivity contribution in [2.45, 2.75) is 26.4 Å². The number of aromatic nitrogens is 1. The highest BCUT2D eigenvalue weighted by atomic mass is 32.1. The van der Waals surface area contributed by atoms with Gasteiger partial charge in [0.2, 0.25) is 5.91 Å². The number of carbonyl (C=O) groups is 1. The van der Waals surface area contributed by atoms with Crippen LogP contribution in [0, 0.1) is 24.6 Å². The molecule has 2 aliphatic heterocycles. The normalized spacial score (nSPS) is 26.2. The molecule has 3 atom stereocenters. The van der Waals surface area contributed by atoms with Gasteiger partial charge in [-0.15, -0.1) is 11.3 Å². The number of carbonyl (C=O) groups excluding carboxylic acids is 1. The Morgan fingerprint density at radius 3 is 2.88 bits per heavy atom. The van der Waals surface area contributed by atoms with Crippen LogP contribution < -0.4 is 0 Å². The molecule has 0 spiro atoms. The summed E-state index contributed by atoms with van der Waals surface area (Å²) < 4.78 is 13.7. The third-order valence-corrected chi connectivity index (χ3v) is 6.28. The largest absolute Gasteiger partial charge is 0.335 e. The summed E-state index contributed by atoms with van der Waals surface area (Å²) in [6.07, 6.45) is 1.96. The van der Waals surface area contributed by atoms with Gasteiger partial charge in [0, 0.05) is 50.1 Å². The number of fused-ring (bicyclic) bond motifs is 1. The molecule has 2 saturated heterocycles. The first-order valence-electron chi connectivity index (χ1n) is 8.67. The lowest BCUT2D eigenvalue weighted by Crippen LogP contribution is -2.34. The molecule has 0 saturated carbocycles. The monoisotopic (exact) mass is 359 g/mol. The van der Waals surface area contributed by atoms with Crippen LogP contribution >= 0.6 is 11.3 Å². The fourth-order valence-electron chi connectivity index (χ4n) is 4.41. The first-order chi connectivity index (χ1) is 12.0. The van der Waals surface area contributed by atoms with Crippen molar-refractivity contribution in [3.8, 4) is 0 Å². The van der Waals surface area contributed by atoms with Crippen molar-refractivity contribution >= 4 is 17.2 Å². The van der Waals surface area contributed by atoms with Gasteiger partial charge in [0.05, 0.1) is 11.0 Å². The van der Waals surface area contributed by atoms with E-state index in [0.29, 0.717) is 11.8 Å². The first-order valence-corrected chi connectivity index (χ1v) is 9.49. The highest BCUT2D eigenvalue weighted by molar-refractivity contribution is 7.11. The Morgan fingerprint density at radius 2 is 2.20 bits per heavy atom. The topological polar surface area (TPSA) is 36.4 Å². The molecule has 6 heteroatoms. The number of thiazole rings is 1. The molecule has 1 aromatic heterocycles. The number of benzene rings is 1. The molecule has 4 nitrogen and oxygen atoms in total. The molecule has 25 heavy (non-hydrogen) atoms. The summed E-state index contributed by atoms with van der Waals surface area (Å²) in [7, 11) is 0. The van der Waals surface area contributed by atoms with Crippen LogP contribution in [-0.4, -0.2) is 40.3 Å². The molecule has 2 fully saturated rings. The Hall–Kier alpha value is -1.79. The second-order valence-corrected chi connectivity index (χ2v) is 8.45. The Bertz CT molecular complexity index is 792. The lowest BCUT2D eigenvalue weighted by molar-refractivity contribution is -0.130. The third-order valence-electron chi connectivity index (χ3n) is 5.38. The zero-order valence-electron chi connectivity index (χ0n) is 14.5. The van der Waals surface area contributed by atoms with Crippen LogP contribution in [0.2, 0.25) is 0 Å². The van der Waals surface area contributed by atoms with Crippen molar-refractivity contribution in [2.24, 2.45) is 11.8 Å². The maximum Gasteiger partial charge on any atom is 0.219 e. The van der Waals surface area contributed by atoms with Gasteiger partial charge in [0.1, 0.15) is 5.82 Å². The number of hydrogen-bond donors (Lipinski definition) is 0. The van der Waals surface area contributed by atoms with Crippen LogP contribution in [0.15, 0.2) is 30.5 Å². The number of halogens is 1. The van der Waals surface area contributed by atoms with E-state index in [4.69, 9.17) is 0 Å². The highest BCUT2D eigenvalue weighted by Crippen LogP contribution is 2.45. The quantitative estimate of drug-likeness (QED) is 0.844. The second-order valence-electron chi connectivity index (χ2n) is 7.13. The van der Waals surface area contributed by atoms with Crippen LogP contribution in [0.3, 0.4) is 0 Å². The Balaban J connectivity index is 1.56. The lowest BCUT2D eigenvalue weighted by atomic mass is 9.89. The minimum atomic E-state index is -0.237. The average Bonchev–Trinajstić information content (AvgIpc) is 3.21. The number of hydrogen-bond acceptors (Lipinski definition) is 4. The standard InChI is InChI=1S/C19H22FN3OS/c1-12-21-7-17(25-12)10-22-8-15-9-23(13(2)24)19(18(15)11-22)14-4-3-5-16(20)6-14/h3-7,15,18-19H,8-11H2,1-2H3/t15-,18-,19-/m1/s1.